The quantitative estimate of drug-likeness (QED) is 0.671. The summed E-state index contributed by atoms with van der Waals surface area (Å²) in [5, 5.41) is 9.83. The third-order valence-electron chi connectivity index (χ3n) is 3.43. The lowest BCUT2D eigenvalue weighted by Crippen LogP contribution is -2.20. The van der Waals surface area contributed by atoms with E-state index in [1.54, 1.807) is 18.2 Å². The summed E-state index contributed by atoms with van der Waals surface area (Å²) in [6.45, 7) is 0.745. The van der Waals surface area contributed by atoms with Crippen LogP contribution in [0.15, 0.2) is 35.3 Å². The first-order valence-corrected chi connectivity index (χ1v) is 8.67. The number of hydrogen-bond acceptors (Lipinski definition) is 4. The first kappa shape index (κ1) is 22.7. The van der Waals surface area contributed by atoms with Gasteiger partial charge in [0.1, 0.15) is 0 Å². The summed E-state index contributed by atoms with van der Waals surface area (Å²) in [5.74, 6) is -1.33. The Kier molecular flexibility index (Phi) is 9.00. The van der Waals surface area contributed by atoms with Crippen LogP contribution in [0.5, 0.6) is 0 Å². The van der Waals surface area contributed by atoms with Crippen LogP contribution in [0.2, 0.25) is 10.0 Å². The number of carboxylic acid groups (broad SMARTS) is 1. The maximum Gasteiger partial charge on any atom is 0.337 e. The van der Waals surface area contributed by atoms with E-state index in [4.69, 9.17) is 34.0 Å². The number of amides is 1. The van der Waals surface area contributed by atoms with Crippen molar-refractivity contribution in [3.8, 4) is 0 Å². The fraction of sp³-hybridized carbons (Fsp3) is 0.278. The molecule has 1 aromatic carbocycles. The number of pyridine rings is 1. The van der Waals surface area contributed by atoms with Crippen LogP contribution in [0.1, 0.15) is 27.9 Å². The van der Waals surface area contributed by atoms with Crippen LogP contribution in [0, 0.1) is 0 Å². The zero-order chi connectivity index (χ0) is 20.6. The standard InChI is InChI=1S/C13H9Cl2NO3.C5H12N2O/c14-10-2-1-7(11(15)5-10)3-8-4-9(13(18)19)6-16-12(8)17;1-7(2)4-3-5(6)8/h1-2,4-6H,3H2,(H,16,17)(H,18,19);3-4H2,1-2H3,(H2,6,8). The Bertz CT molecular complexity index is 866. The number of rotatable bonds is 6. The summed E-state index contributed by atoms with van der Waals surface area (Å²) < 4.78 is 0. The molecule has 7 nitrogen and oxygen atoms in total. The second-order valence-corrected chi connectivity index (χ2v) is 6.82. The molecule has 0 saturated heterocycles. The van der Waals surface area contributed by atoms with Gasteiger partial charge in [0.15, 0.2) is 0 Å². The number of carboxylic acids is 1. The molecule has 4 N–H and O–H groups in total. The van der Waals surface area contributed by atoms with Crippen molar-refractivity contribution in [2.24, 2.45) is 5.73 Å². The van der Waals surface area contributed by atoms with Gasteiger partial charge in [-0.05, 0) is 37.9 Å². The summed E-state index contributed by atoms with van der Waals surface area (Å²) in [7, 11) is 3.81. The Labute approximate surface area is 166 Å². The van der Waals surface area contributed by atoms with Crippen LogP contribution in [0.25, 0.3) is 0 Å². The zero-order valence-electron chi connectivity index (χ0n) is 15.0. The minimum Gasteiger partial charge on any atom is -0.478 e. The highest BCUT2D eigenvalue weighted by atomic mass is 35.5. The van der Waals surface area contributed by atoms with Crippen molar-refractivity contribution >= 4 is 35.1 Å². The summed E-state index contributed by atoms with van der Waals surface area (Å²) in [5.41, 5.74) is 5.61. The number of hydrogen-bond donors (Lipinski definition) is 3. The lowest BCUT2D eigenvalue weighted by molar-refractivity contribution is -0.118. The molecular formula is C18H21Cl2N3O4. The van der Waals surface area contributed by atoms with Crippen LogP contribution in [0.4, 0.5) is 0 Å². The SMILES string of the molecule is CN(C)CCC(N)=O.O=C(O)c1c[nH]c(=O)c(Cc2ccc(Cl)cc2Cl)c1. The maximum atomic E-state index is 11.7. The second kappa shape index (κ2) is 10.7. The summed E-state index contributed by atoms with van der Waals surface area (Å²) in [6.07, 6.45) is 1.86. The number of carbonyl (C=O) groups excluding carboxylic acids is 1. The predicted molar refractivity (Wildman–Crippen MR) is 106 cm³/mol. The third kappa shape index (κ3) is 8.25. The highest BCUT2D eigenvalue weighted by molar-refractivity contribution is 6.35. The molecule has 0 spiro atoms. The van der Waals surface area contributed by atoms with Gasteiger partial charge < -0.3 is 20.7 Å². The van der Waals surface area contributed by atoms with Gasteiger partial charge in [-0.1, -0.05) is 29.3 Å². The van der Waals surface area contributed by atoms with Crippen molar-refractivity contribution in [3.05, 3.63) is 67.6 Å². The lowest BCUT2D eigenvalue weighted by atomic mass is 10.0. The molecule has 0 aliphatic heterocycles. The van der Waals surface area contributed by atoms with Gasteiger partial charge in [-0.15, -0.1) is 0 Å². The third-order valence-corrected chi connectivity index (χ3v) is 4.02. The smallest absolute Gasteiger partial charge is 0.337 e. The van der Waals surface area contributed by atoms with E-state index in [2.05, 4.69) is 4.98 Å². The van der Waals surface area contributed by atoms with Crippen LogP contribution in [0.3, 0.4) is 0 Å². The van der Waals surface area contributed by atoms with E-state index in [0.29, 0.717) is 27.6 Å². The van der Waals surface area contributed by atoms with Crippen LogP contribution in [-0.2, 0) is 11.2 Å². The Hall–Kier alpha value is -2.35. The van der Waals surface area contributed by atoms with Gasteiger partial charge in [0, 0.05) is 41.2 Å². The molecule has 0 unspecified atom stereocenters. The number of aromatic nitrogens is 1. The topological polar surface area (TPSA) is 116 Å². The van der Waals surface area contributed by atoms with Gasteiger partial charge in [-0.3, -0.25) is 9.59 Å². The van der Waals surface area contributed by atoms with Crippen molar-refractivity contribution in [2.75, 3.05) is 20.6 Å². The average molecular weight is 414 g/mol. The molecule has 2 rings (SSSR count). The number of carbonyl (C=O) groups is 2. The van der Waals surface area contributed by atoms with Gasteiger partial charge in [-0.25, -0.2) is 4.79 Å². The first-order chi connectivity index (χ1) is 12.6. The number of aromatic amines is 1. The number of nitrogens with one attached hydrogen (secondary N) is 1. The van der Waals surface area contributed by atoms with Gasteiger partial charge in [-0.2, -0.15) is 0 Å². The second-order valence-electron chi connectivity index (χ2n) is 5.98. The molecule has 0 fully saturated rings. The zero-order valence-corrected chi connectivity index (χ0v) is 16.5. The average Bonchev–Trinajstić information content (AvgIpc) is 2.57. The molecule has 1 aromatic heterocycles. The van der Waals surface area contributed by atoms with Gasteiger partial charge in [0.25, 0.3) is 5.56 Å². The summed E-state index contributed by atoms with van der Waals surface area (Å²) in [4.78, 5) is 36.9. The fourth-order valence-corrected chi connectivity index (χ4v) is 2.47. The van der Waals surface area contributed by atoms with Crippen molar-refractivity contribution < 1.29 is 14.7 Å². The van der Waals surface area contributed by atoms with E-state index in [0.717, 1.165) is 12.7 Å². The normalized spacial score (nSPS) is 10.3. The van der Waals surface area contributed by atoms with Gasteiger partial charge in [0.05, 0.1) is 5.56 Å². The number of nitrogens with two attached hydrogens (primary N) is 1. The number of primary amides is 1. The summed E-state index contributed by atoms with van der Waals surface area (Å²) >= 11 is 11.8. The molecule has 0 bridgehead atoms. The van der Waals surface area contributed by atoms with Gasteiger partial charge in [0.2, 0.25) is 5.91 Å². The number of benzene rings is 1. The highest BCUT2D eigenvalue weighted by Crippen LogP contribution is 2.22. The van der Waals surface area contributed by atoms with E-state index in [1.165, 1.54) is 6.07 Å². The van der Waals surface area contributed by atoms with Crippen molar-refractivity contribution in [1.29, 1.82) is 0 Å². The molecular weight excluding hydrogens is 393 g/mol. The molecule has 0 aliphatic rings. The molecule has 0 atom stereocenters. The molecule has 0 aliphatic carbocycles. The molecule has 27 heavy (non-hydrogen) atoms. The van der Waals surface area contributed by atoms with E-state index >= 15 is 0 Å². The number of halogens is 2. The number of H-pyrrole nitrogens is 1. The van der Waals surface area contributed by atoms with Crippen molar-refractivity contribution in [1.82, 2.24) is 9.88 Å². The Morgan fingerprint density at radius 3 is 2.33 bits per heavy atom. The van der Waals surface area contributed by atoms with Crippen LogP contribution >= 0.6 is 23.2 Å². The molecule has 146 valence electrons. The molecule has 9 heteroatoms. The lowest BCUT2D eigenvalue weighted by Gasteiger charge is -2.05. The number of aromatic carboxylic acids is 1. The Morgan fingerprint density at radius 1 is 1.19 bits per heavy atom. The Balaban J connectivity index is 0.000000387. The number of nitrogens with zero attached hydrogens (tertiary/aromatic N) is 1. The molecule has 2 aromatic rings. The van der Waals surface area contributed by atoms with E-state index in [9.17, 15) is 14.4 Å². The van der Waals surface area contributed by atoms with E-state index in [-0.39, 0.29) is 23.5 Å². The molecule has 0 saturated carbocycles. The predicted octanol–water partition coefficient (Wildman–Crippen LogP) is 2.39. The largest absolute Gasteiger partial charge is 0.478 e. The van der Waals surface area contributed by atoms with Crippen LogP contribution < -0.4 is 11.3 Å². The monoisotopic (exact) mass is 413 g/mol. The molecule has 1 heterocycles. The summed E-state index contributed by atoms with van der Waals surface area (Å²) in [6, 6.07) is 6.29. The van der Waals surface area contributed by atoms with Crippen molar-refractivity contribution in [2.45, 2.75) is 12.8 Å². The van der Waals surface area contributed by atoms with E-state index in [1.807, 2.05) is 19.0 Å². The minimum atomic E-state index is -1.10. The maximum absolute atomic E-state index is 11.7. The minimum absolute atomic E-state index is 0.0275. The first-order valence-electron chi connectivity index (χ1n) is 7.92. The van der Waals surface area contributed by atoms with Crippen molar-refractivity contribution in [3.63, 3.8) is 0 Å². The Morgan fingerprint density at radius 2 is 1.85 bits per heavy atom. The fourth-order valence-electron chi connectivity index (χ4n) is 1.99. The molecule has 0 radical (unpaired) electrons. The van der Waals surface area contributed by atoms with E-state index < -0.39 is 5.97 Å². The van der Waals surface area contributed by atoms with Crippen LogP contribution in [-0.4, -0.2) is 47.5 Å². The van der Waals surface area contributed by atoms with Gasteiger partial charge >= 0.3 is 5.97 Å². The highest BCUT2D eigenvalue weighted by Gasteiger charge is 2.10. The molecule has 1 amide bonds.